The molecule has 3 aromatic rings. The van der Waals surface area contributed by atoms with Crippen LogP contribution in [0.5, 0.6) is 5.75 Å². The van der Waals surface area contributed by atoms with Gasteiger partial charge in [-0.2, -0.15) is 0 Å². The Morgan fingerprint density at radius 1 is 1.12 bits per heavy atom. The first-order valence-electron chi connectivity index (χ1n) is 7.71. The average molecular weight is 405 g/mol. The predicted molar refractivity (Wildman–Crippen MR) is 102 cm³/mol. The smallest absolute Gasteiger partial charge is 0.265 e. The Balaban J connectivity index is 1.40. The molecule has 0 amide bonds. The topological polar surface area (TPSA) is 55.0 Å². The molecule has 0 spiro atoms. The molecule has 0 aliphatic carbocycles. The van der Waals surface area contributed by atoms with Crippen molar-refractivity contribution in [2.45, 2.75) is 18.0 Å². The van der Waals surface area contributed by atoms with Gasteiger partial charge in [-0.15, -0.1) is 0 Å². The van der Waals surface area contributed by atoms with E-state index >= 15 is 0 Å². The van der Waals surface area contributed by atoms with Crippen molar-refractivity contribution in [3.63, 3.8) is 0 Å². The van der Waals surface area contributed by atoms with Crippen LogP contribution in [0.1, 0.15) is 12.8 Å². The van der Waals surface area contributed by atoms with Crippen molar-refractivity contribution in [3.8, 4) is 5.75 Å². The molecule has 3 rings (SSSR count). The Labute approximate surface area is 152 Å². The molecule has 0 unspecified atom stereocenters. The largest absolute Gasteiger partial charge is 0.494 e. The summed E-state index contributed by atoms with van der Waals surface area (Å²) in [7, 11) is 0. The van der Waals surface area contributed by atoms with Crippen molar-refractivity contribution >= 4 is 38.5 Å². The second kappa shape index (κ2) is 8.35. The Hall–Kier alpha value is -1.79. The van der Waals surface area contributed by atoms with Gasteiger partial charge in [-0.05, 0) is 51.7 Å². The molecule has 0 aliphatic heterocycles. The number of fused-ring (bicyclic) bond motifs is 1. The van der Waals surface area contributed by atoms with Gasteiger partial charge >= 0.3 is 0 Å². The van der Waals surface area contributed by atoms with Crippen LogP contribution in [-0.4, -0.2) is 22.3 Å². The number of rotatable bonds is 7. The van der Waals surface area contributed by atoms with E-state index in [0.717, 1.165) is 24.3 Å². The van der Waals surface area contributed by atoms with Crippen molar-refractivity contribution in [1.82, 2.24) is 9.97 Å². The van der Waals surface area contributed by atoms with E-state index in [-0.39, 0.29) is 5.56 Å². The molecule has 6 heteroatoms. The summed E-state index contributed by atoms with van der Waals surface area (Å²) in [5.74, 6) is 1.80. The number of aromatic nitrogens is 2. The van der Waals surface area contributed by atoms with Gasteiger partial charge in [-0.25, -0.2) is 4.98 Å². The van der Waals surface area contributed by atoms with Crippen LogP contribution < -0.4 is 10.3 Å². The summed E-state index contributed by atoms with van der Waals surface area (Å²) in [5, 5.41) is 3.06. The fourth-order valence-corrected chi connectivity index (χ4v) is 3.29. The molecule has 124 valence electrons. The van der Waals surface area contributed by atoms with Crippen LogP contribution in [0, 0.1) is 0 Å². The number of unbranched alkanes of at least 4 members (excludes halogenated alkanes) is 1. The first-order chi connectivity index (χ1) is 11.7. The number of thioether (sulfide) groups is 1. The van der Waals surface area contributed by atoms with E-state index in [2.05, 4.69) is 50.2 Å². The monoisotopic (exact) mass is 404 g/mol. The predicted octanol–water partition coefficient (Wildman–Crippen LogP) is 4.64. The summed E-state index contributed by atoms with van der Waals surface area (Å²) in [6.07, 6.45) is 3.49. The van der Waals surface area contributed by atoms with Crippen LogP contribution in [0.3, 0.4) is 0 Å². The van der Waals surface area contributed by atoms with E-state index in [9.17, 15) is 4.79 Å². The van der Waals surface area contributed by atoms with Crippen molar-refractivity contribution in [2.75, 3.05) is 12.4 Å². The lowest BCUT2D eigenvalue weighted by Crippen LogP contribution is -2.08. The third-order valence-corrected chi connectivity index (χ3v) is 5.04. The summed E-state index contributed by atoms with van der Waals surface area (Å²) >= 11 is 4.69. The first-order valence-corrected chi connectivity index (χ1v) is 9.49. The zero-order valence-electron chi connectivity index (χ0n) is 13.0. The molecule has 1 heterocycles. The molecule has 24 heavy (non-hydrogen) atoms. The normalized spacial score (nSPS) is 10.9. The van der Waals surface area contributed by atoms with E-state index in [4.69, 9.17) is 4.74 Å². The second-order valence-corrected chi connectivity index (χ2v) is 7.22. The van der Waals surface area contributed by atoms with Crippen molar-refractivity contribution in [1.29, 1.82) is 0 Å². The Morgan fingerprint density at radius 2 is 1.96 bits per heavy atom. The molecule has 0 bridgehead atoms. The van der Waals surface area contributed by atoms with E-state index < -0.39 is 0 Å². The van der Waals surface area contributed by atoms with Gasteiger partial charge in [0, 0.05) is 11.9 Å². The molecule has 0 saturated heterocycles. The molecule has 0 fully saturated rings. The fraction of sp³-hybridized carbons (Fsp3) is 0.222. The molecule has 2 aromatic carbocycles. The van der Waals surface area contributed by atoms with Gasteiger partial charge in [0.1, 0.15) is 10.2 Å². The highest BCUT2D eigenvalue weighted by Gasteiger charge is 2.01. The average Bonchev–Trinajstić information content (AvgIpc) is 2.61. The van der Waals surface area contributed by atoms with Gasteiger partial charge in [0.05, 0.1) is 6.61 Å². The number of H-pyrrole nitrogens is 1. The molecule has 0 aliphatic rings. The van der Waals surface area contributed by atoms with Crippen molar-refractivity contribution in [2.24, 2.45) is 0 Å². The first kappa shape index (κ1) is 17.0. The number of nitrogens with one attached hydrogen (secondary N) is 1. The van der Waals surface area contributed by atoms with Crippen LogP contribution in [0.25, 0.3) is 10.8 Å². The van der Waals surface area contributed by atoms with Gasteiger partial charge in [-0.3, -0.25) is 4.79 Å². The van der Waals surface area contributed by atoms with E-state index in [1.54, 1.807) is 11.8 Å². The lowest BCUT2D eigenvalue weighted by molar-refractivity contribution is 0.310. The number of benzene rings is 2. The Morgan fingerprint density at radius 3 is 2.79 bits per heavy atom. The maximum atomic E-state index is 11.4. The number of nitrogens with zero attached hydrogens (tertiary/aromatic N) is 1. The number of hydrogen-bond donors (Lipinski definition) is 1. The number of hydrogen-bond acceptors (Lipinski definition) is 4. The minimum absolute atomic E-state index is 0.146. The van der Waals surface area contributed by atoms with E-state index in [1.807, 2.05) is 18.2 Å². The van der Waals surface area contributed by atoms with Crippen LogP contribution in [0.15, 0.2) is 63.1 Å². The SMILES string of the molecule is O=c1[nH]c(SCCCCOc2ccc3ccccc3c2)ncc1Br. The summed E-state index contributed by atoms with van der Waals surface area (Å²) in [6, 6.07) is 14.4. The third-order valence-electron chi connectivity index (χ3n) is 3.50. The van der Waals surface area contributed by atoms with Crippen molar-refractivity contribution in [3.05, 3.63) is 63.5 Å². The minimum Gasteiger partial charge on any atom is -0.494 e. The maximum Gasteiger partial charge on any atom is 0.265 e. The Kier molecular flexibility index (Phi) is 5.93. The molecule has 1 aromatic heterocycles. The summed E-state index contributed by atoms with van der Waals surface area (Å²) in [6.45, 7) is 0.684. The minimum atomic E-state index is -0.146. The van der Waals surface area contributed by atoms with Gasteiger partial charge in [-0.1, -0.05) is 42.1 Å². The standard InChI is InChI=1S/C18H17BrN2O2S/c19-16-12-20-18(21-17(16)22)24-10-4-3-9-23-15-8-7-13-5-1-2-6-14(13)11-15/h1-2,5-8,11-12H,3-4,9-10H2,(H,20,21,22). The molecule has 0 radical (unpaired) electrons. The molecule has 0 saturated carbocycles. The number of halogens is 1. The van der Waals surface area contributed by atoms with Gasteiger partial charge in [0.25, 0.3) is 5.56 Å². The summed E-state index contributed by atoms with van der Waals surface area (Å²) in [5.41, 5.74) is -0.146. The molecular formula is C18H17BrN2O2S. The molecule has 0 atom stereocenters. The van der Waals surface area contributed by atoms with Gasteiger partial charge in [0.15, 0.2) is 5.16 Å². The van der Waals surface area contributed by atoms with Gasteiger partial charge < -0.3 is 9.72 Å². The molecular weight excluding hydrogens is 388 g/mol. The van der Waals surface area contributed by atoms with Crippen LogP contribution in [0.2, 0.25) is 0 Å². The third kappa shape index (κ3) is 4.61. The highest BCUT2D eigenvalue weighted by molar-refractivity contribution is 9.10. The quantitative estimate of drug-likeness (QED) is 0.354. The maximum absolute atomic E-state index is 11.4. The number of ether oxygens (including phenoxy) is 1. The van der Waals surface area contributed by atoms with Crippen molar-refractivity contribution < 1.29 is 4.74 Å². The van der Waals surface area contributed by atoms with Crippen LogP contribution in [-0.2, 0) is 0 Å². The lowest BCUT2D eigenvalue weighted by atomic mass is 10.1. The highest BCUT2D eigenvalue weighted by atomic mass is 79.9. The van der Waals surface area contributed by atoms with E-state index in [0.29, 0.717) is 16.2 Å². The zero-order valence-corrected chi connectivity index (χ0v) is 15.4. The van der Waals surface area contributed by atoms with Crippen LogP contribution in [0.4, 0.5) is 0 Å². The fourth-order valence-electron chi connectivity index (χ4n) is 2.26. The highest BCUT2D eigenvalue weighted by Crippen LogP contribution is 2.21. The van der Waals surface area contributed by atoms with E-state index in [1.165, 1.54) is 17.0 Å². The number of aromatic amines is 1. The summed E-state index contributed by atoms with van der Waals surface area (Å²) in [4.78, 5) is 18.3. The molecule has 4 nitrogen and oxygen atoms in total. The van der Waals surface area contributed by atoms with Gasteiger partial charge in [0.2, 0.25) is 0 Å². The lowest BCUT2D eigenvalue weighted by Gasteiger charge is -2.07. The second-order valence-electron chi connectivity index (χ2n) is 5.28. The molecule has 1 N–H and O–H groups in total. The zero-order chi connectivity index (χ0) is 16.8. The van der Waals surface area contributed by atoms with Crippen LogP contribution >= 0.6 is 27.7 Å². The summed E-state index contributed by atoms with van der Waals surface area (Å²) < 4.78 is 6.27. The Bertz CT molecular complexity index is 882.